The van der Waals surface area contributed by atoms with Crippen LogP contribution in [-0.2, 0) is 0 Å². The van der Waals surface area contributed by atoms with Crippen LogP contribution in [0.5, 0.6) is 0 Å². The second-order valence-corrected chi connectivity index (χ2v) is 4.84. The molecule has 0 aliphatic rings. The highest BCUT2D eigenvalue weighted by atomic mass is 35.5. The SMILES string of the molecule is Cc1ccc(C(=O)c2cc(N)cc(Cl)c2Cl)cc1. The molecule has 0 aliphatic carbocycles. The lowest BCUT2D eigenvalue weighted by Gasteiger charge is -2.07. The lowest BCUT2D eigenvalue weighted by atomic mass is 10.0. The van der Waals surface area contributed by atoms with Crippen LogP contribution in [0.15, 0.2) is 36.4 Å². The molecule has 0 radical (unpaired) electrons. The van der Waals surface area contributed by atoms with Crippen LogP contribution in [0.1, 0.15) is 21.5 Å². The first kappa shape index (κ1) is 12.9. The van der Waals surface area contributed by atoms with Crippen molar-refractivity contribution in [3.05, 3.63) is 63.1 Å². The van der Waals surface area contributed by atoms with Gasteiger partial charge in [0.15, 0.2) is 5.78 Å². The van der Waals surface area contributed by atoms with Crippen LogP contribution in [0, 0.1) is 6.92 Å². The van der Waals surface area contributed by atoms with Crippen molar-refractivity contribution in [2.75, 3.05) is 5.73 Å². The molecule has 18 heavy (non-hydrogen) atoms. The predicted molar refractivity (Wildman–Crippen MR) is 75.5 cm³/mol. The maximum atomic E-state index is 12.3. The van der Waals surface area contributed by atoms with Gasteiger partial charge in [-0.1, -0.05) is 53.0 Å². The Bertz CT molecular complexity index is 606. The average Bonchev–Trinajstić information content (AvgIpc) is 2.34. The molecule has 2 N–H and O–H groups in total. The Morgan fingerprint density at radius 2 is 1.72 bits per heavy atom. The highest BCUT2D eigenvalue weighted by molar-refractivity contribution is 6.44. The number of carbonyl (C=O) groups excluding carboxylic acids is 1. The predicted octanol–water partition coefficient (Wildman–Crippen LogP) is 4.12. The van der Waals surface area contributed by atoms with Crippen molar-refractivity contribution in [1.29, 1.82) is 0 Å². The maximum absolute atomic E-state index is 12.3. The first-order valence-corrected chi connectivity index (χ1v) is 6.10. The van der Waals surface area contributed by atoms with Crippen molar-refractivity contribution in [2.45, 2.75) is 6.92 Å². The molecule has 92 valence electrons. The minimum atomic E-state index is -0.186. The molecular weight excluding hydrogens is 269 g/mol. The molecule has 2 aromatic carbocycles. The third kappa shape index (κ3) is 2.50. The van der Waals surface area contributed by atoms with Crippen molar-refractivity contribution < 1.29 is 4.79 Å². The molecule has 0 heterocycles. The summed E-state index contributed by atoms with van der Waals surface area (Å²) in [7, 11) is 0. The maximum Gasteiger partial charge on any atom is 0.194 e. The normalized spacial score (nSPS) is 10.4. The van der Waals surface area contributed by atoms with Gasteiger partial charge in [0, 0.05) is 16.8 Å². The fourth-order valence-electron chi connectivity index (χ4n) is 1.64. The Hall–Kier alpha value is -1.51. The largest absolute Gasteiger partial charge is 0.399 e. The third-order valence-corrected chi connectivity index (χ3v) is 3.41. The number of rotatable bonds is 2. The van der Waals surface area contributed by atoms with E-state index in [1.54, 1.807) is 12.1 Å². The molecule has 0 aliphatic heterocycles. The van der Waals surface area contributed by atoms with Gasteiger partial charge in [0.05, 0.1) is 10.0 Å². The minimum absolute atomic E-state index is 0.186. The van der Waals surface area contributed by atoms with E-state index in [4.69, 9.17) is 28.9 Å². The number of hydrogen-bond donors (Lipinski definition) is 1. The second-order valence-electron chi connectivity index (χ2n) is 4.06. The van der Waals surface area contributed by atoms with Gasteiger partial charge in [-0.05, 0) is 19.1 Å². The van der Waals surface area contributed by atoms with Gasteiger partial charge < -0.3 is 5.73 Å². The van der Waals surface area contributed by atoms with E-state index in [1.807, 2.05) is 19.1 Å². The van der Waals surface area contributed by atoms with Crippen molar-refractivity contribution in [1.82, 2.24) is 0 Å². The quantitative estimate of drug-likeness (QED) is 0.664. The lowest BCUT2D eigenvalue weighted by molar-refractivity contribution is 0.103. The van der Waals surface area contributed by atoms with Crippen LogP contribution in [0.3, 0.4) is 0 Å². The fourth-order valence-corrected chi connectivity index (χ4v) is 2.06. The Morgan fingerprint density at radius 3 is 2.33 bits per heavy atom. The van der Waals surface area contributed by atoms with Gasteiger partial charge >= 0.3 is 0 Å². The fraction of sp³-hybridized carbons (Fsp3) is 0.0714. The summed E-state index contributed by atoms with van der Waals surface area (Å²) in [6.07, 6.45) is 0. The second kappa shape index (κ2) is 5.01. The summed E-state index contributed by atoms with van der Waals surface area (Å²) < 4.78 is 0. The summed E-state index contributed by atoms with van der Waals surface area (Å²) in [6, 6.07) is 10.3. The smallest absolute Gasteiger partial charge is 0.194 e. The molecule has 0 atom stereocenters. The summed E-state index contributed by atoms with van der Waals surface area (Å²) in [6.45, 7) is 1.96. The van der Waals surface area contributed by atoms with E-state index < -0.39 is 0 Å². The van der Waals surface area contributed by atoms with Crippen LogP contribution in [-0.4, -0.2) is 5.78 Å². The van der Waals surface area contributed by atoms with Gasteiger partial charge in [-0.2, -0.15) is 0 Å². The molecular formula is C14H11Cl2NO. The lowest BCUT2D eigenvalue weighted by Crippen LogP contribution is -2.03. The summed E-state index contributed by atoms with van der Waals surface area (Å²) in [5.74, 6) is -0.186. The van der Waals surface area contributed by atoms with Crippen LogP contribution in [0.2, 0.25) is 10.0 Å². The highest BCUT2D eigenvalue weighted by Crippen LogP contribution is 2.30. The first-order chi connectivity index (χ1) is 8.49. The Labute approximate surface area is 115 Å². The molecule has 0 amide bonds. The van der Waals surface area contributed by atoms with E-state index in [0.717, 1.165) is 5.56 Å². The van der Waals surface area contributed by atoms with Gasteiger partial charge in [-0.25, -0.2) is 0 Å². The number of hydrogen-bond acceptors (Lipinski definition) is 2. The number of halogens is 2. The van der Waals surface area contributed by atoms with Crippen molar-refractivity contribution in [3.8, 4) is 0 Å². The molecule has 0 bridgehead atoms. The van der Waals surface area contributed by atoms with E-state index in [2.05, 4.69) is 0 Å². The van der Waals surface area contributed by atoms with Crippen molar-refractivity contribution in [2.24, 2.45) is 0 Å². The van der Waals surface area contributed by atoms with E-state index in [-0.39, 0.29) is 15.8 Å². The first-order valence-electron chi connectivity index (χ1n) is 5.35. The zero-order valence-electron chi connectivity index (χ0n) is 9.71. The summed E-state index contributed by atoms with van der Waals surface area (Å²) in [5, 5.41) is 0.517. The van der Waals surface area contributed by atoms with Gasteiger partial charge in [0.1, 0.15) is 0 Å². The van der Waals surface area contributed by atoms with Gasteiger partial charge in [0.2, 0.25) is 0 Å². The van der Waals surface area contributed by atoms with Gasteiger partial charge in [0.25, 0.3) is 0 Å². The Balaban J connectivity index is 2.49. The molecule has 0 saturated carbocycles. The summed E-state index contributed by atoms with van der Waals surface area (Å²) >= 11 is 11.9. The molecule has 2 nitrogen and oxygen atoms in total. The van der Waals surface area contributed by atoms with E-state index >= 15 is 0 Å². The molecule has 0 saturated heterocycles. The Morgan fingerprint density at radius 1 is 1.11 bits per heavy atom. The van der Waals surface area contributed by atoms with Gasteiger partial charge in [-0.3, -0.25) is 4.79 Å². The third-order valence-electron chi connectivity index (χ3n) is 2.61. The number of anilines is 1. The van der Waals surface area contributed by atoms with Crippen LogP contribution < -0.4 is 5.73 Å². The molecule has 4 heteroatoms. The zero-order valence-corrected chi connectivity index (χ0v) is 11.2. The summed E-state index contributed by atoms with van der Waals surface area (Å²) in [5.41, 5.74) is 8.06. The zero-order chi connectivity index (χ0) is 13.3. The molecule has 2 aromatic rings. The highest BCUT2D eigenvalue weighted by Gasteiger charge is 2.15. The number of ketones is 1. The van der Waals surface area contributed by atoms with Gasteiger partial charge in [-0.15, -0.1) is 0 Å². The summed E-state index contributed by atoms with van der Waals surface area (Å²) in [4.78, 5) is 12.3. The number of aryl methyl sites for hydroxylation is 1. The Kier molecular flexibility index (Phi) is 3.60. The van der Waals surface area contributed by atoms with E-state index in [1.165, 1.54) is 12.1 Å². The average molecular weight is 280 g/mol. The molecule has 0 aromatic heterocycles. The molecule has 0 unspecified atom stereocenters. The monoisotopic (exact) mass is 279 g/mol. The van der Waals surface area contributed by atoms with Crippen LogP contribution in [0.4, 0.5) is 5.69 Å². The molecule has 0 fully saturated rings. The number of nitrogen functional groups attached to an aromatic ring is 1. The van der Waals surface area contributed by atoms with Crippen LogP contribution >= 0.6 is 23.2 Å². The topological polar surface area (TPSA) is 43.1 Å². The number of nitrogens with two attached hydrogens (primary N) is 1. The van der Waals surface area contributed by atoms with E-state index in [0.29, 0.717) is 16.8 Å². The van der Waals surface area contributed by atoms with Crippen LogP contribution in [0.25, 0.3) is 0 Å². The molecule has 2 rings (SSSR count). The minimum Gasteiger partial charge on any atom is -0.399 e. The van der Waals surface area contributed by atoms with E-state index in [9.17, 15) is 4.79 Å². The standard InChI is InChI=1S/C14H11Cl2NO/c1-8-2-4-9(5-3-8)14(18)11-6-10(17)7-12(15)13(11)16/h2-7H,17H2,1H3. The number of benzene rings is 2. The van der Waals surface area contributed by atoms with Crippen molar-refractivity contribution >= 4 is 34.7 Å². The number of carbonyl (C=O) groups is 1. The van der Waals surface area contributed by atoms with Crippen molar-refractivity contribution in [3.63, 3.8) is 0 Å². The molecule has 0 spiro atoms.